The fraction of sp³-hybridized carbons (Fsp3) is 0.529. The van der Waals surface area contributed by atoms with Gasteiger partial charge in [0.15, 0.2) is 5.82 Å². The normalized spacial score (nSPS) is 17.3. The van der Waals surface area contributed by atoms with Crippen LogP contribution in [-0.4, -0.2) is 29.8 Å². The van der Waals surface area contributed by atoms with Crippen LogP contribution >= 0.6 is 0 Å². The van der Waals surface area contributed by atoms with Crippen LogP contribution in [0, 0.1) is 0 Å². The number of aromatic nitrogens is 2. The van der Waals surface area contributed by atoms with Crippen molar-refractivity contribution in [1.82, 2.24) is 15.5 Å². The first-order valence-electron chi connectivity index (χ1n) is 7.99. The van der Waals surface area contributed by atoms with Gasteiger partial charge in [-0.15, -0.1) is 0 Å². The lowest BCUT2D eigenvalue weighted by molar-refractivity contribution is 0.364. The second kappa shape index (κ2) is 6.92. The predicted molar refractivity (Wildman–Crippen MR) is 84.2 cm³/mol. The van der Waals surface area contributed by atoms with Gasteiger partial charge in [-0.2, -0.15) is 4.98 Å². The van der Waals surface area contributed by atoms with E-state index in [-0.39, 0.29) is 0 Å². The van der Waals surface area contributed by atoms with E-state index >= 15 is 0 Å². The van der Waals surface area contributed by atoms with E-state index in [9.17, 15) is 0 Å². The quantitative estimate of drug-likeness (QED) is 0.887. The van der Waals surface area contributed by atoms with Crippen molar-refractivity contribution < 1.29 is 9.26 Å². The van der Waals surface area contributed by atoms with Crippen LogP contribution in [0.25, 0.3) is 0 Å². The van der Waals surface area contributed by atoms with Gasteiger partial charge in [-0.3, -0.25) is 0 Å². The average molecular weight is 301 g/mol. The van der Waals surface area contributed by atoms with Crippen LogP contribution in [0.15, 0.2) is 22.7 Å². The SMILES string of the molecule is CCc1noc(CCN[C@@H]2CCc3ccc(OC)cc3C2)n1. The number of ether oxygens (including phenoxy) is 1. The molecular weight excluding hydrogens is 278 g/mol. The molecule has 5 heteroatoms. The van der Waals surface area contributed by atoms with E-state index in [1.165, 1.54) is 17.5 Å². The van der Waals surface area contributed by atoms with Gasteiger partial charge < -0.3 is 14.6 Å². The minimum Gasteiger partial charge on any atom is -0.497 e. The fourth-order valence-corrected chi connectivity index (χ4v) is 2.95. The Morgan fingerprint density at radius 1 is 1.36 bits per heavy atom. The molecule has 5 nitrogen and oxygen atoms in total. The van der Waals surface area contributed by atoms with Crippen LogP contribution in [0.4, 0.5) is 0 Å². The molecule has 118 valence electrons. The van der Waals surface area contributed by atoms with E-state index in [0.717, 1.165) is 49.7 Å². The Bertz CT molecular complexity index is 624. The Labute approximate surface area is 131 Å². The van der Waals surface area contributed by atoms with Crippen molar-refractivity contribution in [1.29, 1.82) is 0 Å². The third-order valence-electron chi connectivity index (χ3n) is 4.24. The smallest absolute Gasteiger partial charge is 0.227 e. The molecule has 0 unspecified atom stereocenters. The summed E-state index contributed by atoms with van der Waals surface area (Å²) in [4.78, 5) is 4.34. The molecule has 2 aromatic rings. The number of nitrogens with one attached hydrogen (secondary N) is 1. The lowest BCUT2D eigenvalue weighted by atomic mass is 9.88. The standard InChI is InChI=1S/C17H23N3O2/c1-3-16-19-17(22-20-16)8-9-18-14-6-4-12-5-7-15(21-2)11-13(12)10-14/h5,7,11,14,18H,3-4,6,8-10H2,1-2H3/t14-/m1/s1. The molecule has 0 fully saturated rings. The highest BCUT2D eigenvalue weighted by Crippen LogP contribution is 2.25. The number of rotatable bonds is 6. The molecule has 0 saturated carbocycles. The molecule has 0 amide bonds. The highest BCUT2D eigenvalue weighted by molar-refractivity contribution is 5.37. The lowest BCUT2D eigenvalue weighted by Crippen LogP contribution is -2.35. The van der Waals surface area contributed by atoms with Crippen molar-refractivity contribution in [3.05, 3.63) is 41.0 Å². The van der Waals surface area contributed by atoms with E-state index in [4.69, 9.17) is 9.26 Å². The summed E-state index contributed by atoms with van der Waals surface area (Å²) in [7, 11) is 1.72. The average Bonchev–Trinajstić information content (AvgIpc) is 3.02. The van der Waals surface area contributed by atoms with Crippen LogP contribution < -0.4 is 10.1 Å². The highest BCUT2D eigenvalue weighted by Gasteiger charge is 2.18. The Kier molecular flexibility index (Phi) is 4.73. The monoisotopic (exact) mass is 301 g/mol. The summed E-state index contributed by atoms with van der Waals surface area (Å²) >= 11 is 0. The number of benzene rings is 1. The van der Waals surface area contributed by atoms with Gasteiger partial charge in [0.1, 0.15) is 5.75 Å². The lowest BCUT2D eigenvalue weighted by Gasteiger charge is -2.25. The summed E-state index contributed by atoms with van der Waals surface area (Å²) in [5.41, 5.74) is 2.84. The van der Waals surface area contributed by atoms with Crippen LogP contribution in [-0.2, 0) is 25.7 Å². The number of methoxy groups -OCH3 is 1. The zero-order valence-corrected chi connectivity index (χ0v) is 13.3. The van der Waals surface area contributed by atoms with Gasteiger partial charge >= 0.3 is 0 Å². The van der Waals surface area contributed by atoms with Crippen LogP contribution in [0.1, 0.15) is 36.2 Å². The van der Waals surface area contributed by atoms with E-state index in [0.29, 0.717) is 6.04 Å². The summed E-state index contributed by atoms with van der Waals surface area (Å²) in [5.74, 6) is 2.45. The second-order valence-electron chi connectivity index (χ2n) is 5.74. The number of hydrogen-bond acceptors (Lipinski definition) is 5. The van der Waals surface area contributed by atoms with Gasteiger partial charge in [0, 0.05) is 25.4 Å². The van der Waals surface area contributed by atoms with E-state index < -0.39 is 0 Å². The first kappa shape index (κ1) is 15.0. The van der Waals surface area contributed by atoms with Gasteiger partial charge in [0.25, 0.3) is 0 Å². The molecule has 3 rings (SSSR count). The maximum atomic E-state index is 5.32. The first-order chi connectivity index (χ1) is 10.8. The second-order valence-corrected chi connectivity index (χ2v) is 5.74. The van der Waals surface area contributed by atoms with Crippen molar-refractivity contribution >= 4 is 0 Å². The number of aryl methyl sites for hydroxylation is 2. The van der Waals surface area contributed by atoms with Crippen molar-refractivity contribution in [3.63, 3.8) is 0 Å². The Balaban J connectivity index is 1.51. The Morgan fingerprint density at radius 2 is 2.27 bits per heavy atom. The van der Waals surface area contributed by atoms with Crippen LogP contribution in [0.2, 0.25) is 0 Å². The van der Waals surface area contributed by atoms with Gasteiger partial charge in [-0.05, 0) is 42.5 Å². The topological polar surface area (TPSA) is 60.2 Å². The molecule has 1 heterocycles. The third-order valence-corrected chi connectivity index (χ3v) is 4.24. The molecule has 0 radical (unpaired) electrons. The highest BCUT2D eigenvalue weighted by atomic mass is 16.5. The summed E-state index contributed by atoms with van der Waals surface area (Å²) < 4.78 is 10.5. The summed E-state index contributed by atoms with van der Waals surface area (Å²) in [5, 5.41) is 7.53. The fourth-order valence-electron chi connectivity index (χ4n) is 2.95. The minimum atomic E-state index is 0.508. The first-order valence-corrected chi connectivity index (χ1v) is 7.99. The van der Waals surface area contributed by atoms with Gasteiger partial charge in [-0.25, -0.2) is 0 Å². The van der Waals surface area contributed by atoms with Crippen molar-refractivity contribution in [2.75, 3.05) is 13.7 Å². The molecule has 1 atom stereocenters. The van der Waals surface area contributed by atoms with Crippen LogP contribution in [0.5, 0.6) is 5.75 Å². The maximum Gasteiger partial charge on any atom is 0.227 e. The molecule has 1 aliphatic carbocycles. The molecule has 0 spiro atoms. The Morgan fingerprint density at radius 3 is 3.05 bits per heavy atom. The van der Waals surface area contributed by atoms with Crippen molar-refractivity contribution in [2.24, 2.45) is 0 Å². The minimum absolute atomic E-state index is 0.508. The van der Waals surface area contributed by atoms with E-state index in [2.05, 4.69) is 27.6 Å². The number of hydrogen-bond donors (Lipinski definition) is 1. The van der Waals surface area contributed by atoms with Crippen LogP contribution in [0.3, 0.4) is 0 Å². The Hall–Kier alpha value is -1.88. The molecule has 1 aromatic heterocycles. The summed E-state index contributed by atoms with van der Waals surface area (Å²) in [6, 6.07) is 6.91. The molecule has 0 bridgehead atoms. The molecule has 0 saturated heterocycles. The molecule has 22 heavy (non-hydrogen) atoms. The summed E-state index contributed by atoms with van der Waals surface area (Å²) in [6.07, 6.45) is 4.95. The largest absolute Gasteiger partial charge is 0.497 e. The van der Waals surface area contributed by atoms with Gasteiger partial charge in [0.2, 0.25) is 5.89 Å². The number of nitrogens with zero attached hydrogens (tertiary/aromatic N) is 2. The maximum absolute atomic E-state index is 5.32. The summed E-state index contributed by atoms with van der Waals surface area (Å²) in [6.45, 7) is 2.90. The van der Waals surface area contributed by atoms with Crippen molar-refractivity contribution in [3.8, 4) is 5.75 Å². The van der Waals surface area contributed by atoms with Gasteiger partial charge in [0.05, 0.1) is 7.11 Å². The van der Waals surface area contributed by atoms with E-state index in [1.807, 2.05) is 13.0 Å². The molecule has 0 aliphatic heterocycles. The predicted octanol–water partition coefficient (Wildman–Crippen LogP) is 2.33. The van der Waals surface area contributed by atoms with Gasteiger partial charge in [-0.1, -0.05) is 18.1 Å². The van der Waals surface area contributed by atoms with Crippen molar-refractivity contribution in [2.45, 2.75) is 45.1 Å². The number of fused-ring (bicyclic) bond motifs is 1. The molecule has 1 N–H and O–H groups in total. The zero-order chi connectivity index (χ0) is 15.4. The van der Waals surface area contributed by atoms with E-state index in [1.54, 1.807) is 7.11 Å². The molecule has 1 aromatic carbocycles. The molecular formula is C17H23N3O2. The molecule has 1 aliphatic rings. The zero-order valence-electron chi connectivity index (χ0n) is 13.3. The third kappa shape index (κ3) is 3.47.